The summed E-state index contributed by atoms with van der Waals surface area (Å²) in [6, 6.07) is 5.87. The van der Waals surface area contributed by atoms with Gasteiger partial charge in [-0.2, -0.15) is 0 Å². The number of hydrogen-bond acceptors (Lipinski definition) is 3. The van der Waals surface area contributed by atoms with E-state index in [9.17, 15) is 0 Å². The van der Waals surface area contributed by atoms with Gasteiger partial charge in [0.05, 0.1) is 13.2 Å². The van der Waals surface area contributed by atoms with E-state index >= 15 is 0 Å². The van der Waals surface area contributed by atoms with Crippen molar-refractivity contribution in [3.05, 3.63) is 24.4 Å². The minimum absolute atomic E-state index is 0.346. The fraction of sp³-hybridized carbons (Fsp3) is 0.688. The number of aromatic nitrogens is 1. The van der Waals surface area contributed by atoms with Gasteiger partial charge in [-0.3, -0.25) is 0 Å². The highest BCUT2D eigenvalue weighted by Crippen LogP contribution is 2.33. The third-order valence-electron chi connectivity index (χ3n) is 4.47. The van der Waals surface area contributed by atoms with Crippen molar-refractivity contribution in [2.45, 2.75) is 44.6 Å². The number of nitrogens with zero attached hydrogens (tertiary/aromatic N) is 1. The number of hydrogen-bond donors (Lipinski definition) is 0. The molecule has 1 saturated carbocycles. The third-order valence-corrected chi connectivity index (χ3v) is 4.47. The van der Waals surface area contributed by atoms with E-state index in [2.05, 4.69) is 4.98 Å². The third kappa shape index (κ3) is 3.47. The quantitative estimate of drug-likeness (QED) is 0.835. The Kier molecular flexibility index (Phi) is 4.34. The van der Waals surface area contributed by atoms with Gasteiger partial charge in [-0.25, -0.2) is 4.98 Å². The van der Waals surface area contributed by atoms with E-state index in [4.69, 9.17) is 9.47 Å². The summed E-state index contributed by atoms with van der Waals surface area (Å²) in [5.74, 6) is 2.44. The molecule has 2 fully saturated rings. The van der Waals surface area contributed by atoms with Crippen LogP contribution < -0.4 is 4.74 Å². The highest BCUT2D eigenvalue weighted by Gasteiger charge is 2.29. The molecular formula is C16H23NO2. The summed E-state index contributed by atoms with van der Waals surface area (Å²) in [6.45, 7) is 1.97. The van der Waals surface area contributed by atoms with Crippen molar-refractivity contribution < 1.29 is 9.47 Å². The fourth-order valence-corrected chi connectivity index (χ4v) is 3.17. The maximum Gasteiger partial charge on any atom is 0.213 e. The van der Waals surface area contributed by atoms with E-state index in [1.165, 1.54) is 32.1 Å². The average Bonchev–Trinajstić information content (AvgIpc) is 2.35. The molecule has 1 saturated heterocycles. The normalized spacial score (nSPS) is 29.1. The monoisotopic (exact) mass is 261 g/mol. The molecule has 2 atom stereocenters. The summed E-state index contributed by atoms with van der Waals surface area (Å²) in [6.07, 6.45) is 9.76. The second-order valence-electron chi connectivity index (χ2n) is 5.83. The van der Waals surface area contributed by atoms with E-state index in [1.807, 2.05) is 18.2 Å². The molecule has 104 valence electrons. The Balaban J connectivity index is 1.54. The van der Waals surface area contributed by atoms with Gasteiger partial charge >= 0.3 is 0 Å². The van der Waals surface area contributed by atoms with Crippen LogP contribution in [0.3, 0.4) is 0 Å². The maximum atomic E-state index is 6.03. The highest BCUT2D eigenvalue weighted by molar-refractivity contribution is 5.09. The van der Waals surface area contributed by atoms with Gasteiger partial charge in [0.25, 0.3) is 0 Å². The molecule has 19 heavy (non-hydrogen) atoms. The second-order valence-corrected chi connectivity index (χ2v) is 5.83. The summed E-state index contributed by atoms with van der Waals surface area (Å²) in [5.41, 5.74) is 0. The van der Waals surface area contributed by atoms with Crippen molar-refractivity contribution in [2.24, 2.45) is 11.8 Å². The number of rotatable bonds is 3. The zero-order valence-electron chi connectivity index (χ0n) is 11.5. The fourth-order valence-electron chi connectivity index (χ4n) is 3.17. The van der Waals surface area contributed by atoms with Crippen LogP contribution in [-0.2, 0) is 4.74 Å². The first-order valence-electron chi connectivity index (χ1n) is 7.57. The van der Waals surface area contributed by atoms with Crippen LogP contribution in [0, 0.1) is 11.8 Å². The van der Waals surface area contributed by atoms with Gasteiger partial charge in [0, 0.05) is 18.2 Å². The molecule has 1 aliphatic carbocycles. The topological polar surface area (TPSA) is 31.4 Å². The highest BCUT2D eigenvalue weighted by atomic mass is 16.5. The molecule has 1 aromatic rings. The van der Waals surface area contributed by atoms with Crippen molar-refractivity contribution in [3.63, 3.8) is 0 Å². The lowest BCUT2D eigenvalue weighted by Gasteiger charge is -2.36. The van der Waals surface area contributed by atoms with Crippen LogP contribution in [0.25, 0.3) is 0 Å². The summed E-state index contributed by atoms with van der Waals surface area (Å²) < 4.78 is 11.4. The standard InChI is InChI=1S/C16H23NO2/c1-2-6-15(19-16-7-3-4-10-17-16)9-8-13(5-1)14-11-18-12-14/h3-4,7,10,13-15H,1-2,5-6,8-9,11-12H2. The zero-order valence-corrected chi connectivity index (χ0v) is 11.5. The summed E-state index contributed by atoms with van der Waals surface area (Å²) in [4.78, 5) is 4.27. The van der Waals surface area contributed by atoms with E-state index in [0.717, 1.165) is 37.4 Å². The first-order chi connectivity index (χ1) is 9.42. The van der Waals surface area contributed by atoms with Gasteiger partial charge in [0.2, 0.25) is 5.88 Å². The SMILES string of the molecule is c1ccc(OC2CCCCC(C3COC3)CC2)nc1. The van der Waals surface area contributed by atoms with Crippen LogP contribution in [0.5, 0.6) is 5.88 Å². The van der Waals surface area contributed by atoms with E-state index in [1.54, 1.807) is 6.20 Å². The van der Waals surface area contributed by atoms with Crippen molar-refractivity contribution >= 4 is 0 Å². The minimum atomic E-state index is 0.346. The molecule has 0 aromatic carbocycles. The molecular weight excluding hydrogens is 238 g/mol. The molecule has 1 aliphatic heterocycles. The minimum Gasteiger partial charge on any atom is -0.474 e. The van der Waals surface area contributed by atoms with Gasteiger partial charge in [-0.1, -0.05) is 18.9 Å². The lowest BCUT2D eigenvalue weighted by atomic mass is 9.80. The van der Waals surface area contributed by atoms with Crippen LogP contribution in [0.15, 0.2) is 24.4 Å². The summed E-state index contributed by atoms with van der Waals surface area (Å²) in [5, 5.41) is 0. The molecule has 3 nitrogen and oxygen atoms in total. The number of ether oxygens (including phenoxy) is 2. The summed E-state index contributed by atoms with van der Waals surface area (Å²) in [7, 11) is 0. The summed E-state index contributed by atoms with van der Waals surface area (Å²) >= 11 is 0. The number of pyridine rings is 1. The van der Waals surface area contributed by atoms with Crippen LogP contribution in [0.1, 0.15) is 38.5 Å². The van der Waals surface area contributed by atoms with Crippen molar-refractivity contribution in [1.82, 2.24) is 4.98 Å². The van der Waals surface area contributed by atoms with E-state index < -0.39 is 0 Å². The molecule has 2 aliphatic rings. The molecule has 0 spiro atoms. The average molecular weight is 261 g/mol. The van der Waals surface area contributed by atoms with Crippen LogP contribution >= 0.6 is 0 Å². The maximum absolute atomic E-state index is 6.03. The molecule has 3 rings (SSSR count). The van der Waals surface area contributed by atoms with Gasteiger partial charge < -0.3 is 9.47 Å². The first kappa shape index (κ1) is 12.9. The predicted molar refractivity (Wildman–Crippen MR) is 74.2 cm³/mol. The molecule has 2 unspecified atom stereocenters. The largest absolute Gasteiger partial charge is 0.474 e. The Labute approximate surface area is 115 Å². The Morgan fingerprint density at radius 2 is 1.89 bits per heavy atom. The van der Waals surface area contributed by atoms with E-state index in [0.29, 0.717) is 6.10 Å². The Morgan fingerprint density at radius 1 is 1.00 bits per heavy atom. The predicted octanol–water partition coefficient (Wildman–Crippen LogP) is 3.45. The molecule has 0 bridgehead atoms. The Hall–Kier alpha value is -1.09. The lowest BCUT2D eigenvalue weighted by molar-refractivity contribution is -0.0675. The van der Waals surface area contributed by atoms with Crippen molar-refractivity contribution in [2.75, 3.05) is 13.2 Å². The van der Waals surface area contributed by atoms with Crippen molar-refractivity contribution in [3.8, 4) is 5.88 Å². The molecule has 2 heterocycles. The molecule has 0 N–H and O–H groups in total. The van der Waals surface area contributed by atoms with Crippen LogP contribution in [-0.4, -0.2) is 24.3 Å². The molecule has 1 aromatic heterocycles. The first-order valence-corrected chi connectivity index (χ1v) is 7.57. The lowest BCUT2D eigenvalue weighted by Crippen LogP contribution is -2.35. The smallest absolute Gasteiger partial charge is 0.213 e. The molecule has 0 radical (unpaired) electrons. The van der Waals surface area contributed by atoms with Gasteiger partial charge in [0.1, 0.15) is 6.10 Å². The van der Waals surface area contributed by atoms with Gasteiger partial charge in [-0.05, 0) is 37.7 Å². The van der Waals surface area contributed by atoms with Crippen LogP contribution in [0.4, 0.5) is 0 Å². The Morgan fingerprint density at radius 3 is 2.63 bits per heavy atom. The van der Waals surface area contributed by atoms with Crippen LogP contribution in [0.2, 0.25) is 0 Å². The zero-order chi connectivity index (χ0) is 12.9. The molecule has 0 amide bonds. The van der Waals surface area contributed by atoms with Crippen molar-refractivity contribution in [1.29, 1.82) is 0 Å². The van der Waals surface area contributed by atoms with E-state index in [-0.39, 0.29) is 0 Å². The Bertz CT molecular complexity index is 378. The second kappa shape index (κ2) is 6.38. The van der Waals surface area contributed by atoms with Gasteiger partial charge in [-0.15, -0.1) is 0 Å². The van der Waals surface area contributed by atoms with Gasteiger partial charge in [0.15, 0.2) is 0 Å². The molecule has 3 heteroatoms.